The largest absolute Gasteiger partial charge is 0.444 e. The smallest absolute Gasteiger partial charge is 0.409 e. The van der Waals surface area contributed by atoms with E-state index in [0.29, 0.717) is 0 Å². The van der Waals surface area contributed by atoms with Crippen molar-refractivity contribution >= 4 is 12.0 Å². The van der Waals surface area contributed by atoms with Crippen LogP contribution in [-0.4, -0.2) is 40.1 Å². The molecule has 0 spiro atoms. The number of aliphatic hydroxyl groups excluding tert-OH is 2. The molecule has 1 rings (SSSR count). The Morgan fingerprint density at radius 3 is 2.38 bits per heavy atom. The molecule has 0 aliphatic rings. The van der Waals surface area contributed by atoms with Crippen molar-refractivity contribution in [3.05, 3.63) is 35.9 Å². The van der Waals surface area contributed by atoms with Crippen molar-refractivity contribution in [2.24, 2.45) is 0 Å². The lowest BCUT2D eigenvalue weighted by Crippen LogP contribution is -2.46. The van der Waals surface area contributed by atoms with Crippen LogP contribution in [0.5, 0.6) is 0 Å². The number of hydrogen-bond donors (Lipinski definition) is 4. The lowest BCUT2D eigenvalue weighted by Gasteiger charge is -2.23. The summed E-state index contributed by atoms with van der Waals surface area (Å²) in [6.45, 7) is 5.15. The molecule has 2 unspecified atom stereocenters. The number of nitrogens with one attached hydrogen (secondary N) is 2. The number of amides is 2. The summed E-state index contributed by atoms with van der Waals surface area (Å²) in [6.07, 6.45) is -4.49. The molecule has 0 saturated heterocycles. The van der Waals surface area contributed by atoms with Crippen molar-refractivity contribution in [3.8, 4) is 0 Å². The molecule has 0 aromatic heterocycles. The van der Waals surface area contributed by atoms with E-state index in [9.17, 15) is 19.8 Å². The Hall–Kier alpha value is -2.16. The zero-order chi connectivity index (χ0) is 18.2. The minimum absolute atomic E-state index is 0.168. The number of aliphatic hydroxyl groups is 2. The summed E-state index contributed by atoms with van der Waals surface area (Å²) in [5.74, 6) is -0.636. The van der Waals surface area contributed by atoms with Gasteiger partial charge in [-0.25, -0.2) is 10.3 Å². The number of hydrogen-bond acceptors (Lipinski definition) is 6. The van der Waals surface area contributed by atoms with E-state index in [1.807, 2.05) is 35.6 Å². The van der Waals surface area contributed by atoms with Gasteiger partial charge in [0.1, 0.15) is 11.7 Å². The number of ether oxygens (including phenoxy) is 1. The third-order valence-electron chi connectivity index (χ3n) is 2.69. The minimum Gasteiger partial charge on any atom is -0.444 e. The Labute approximate surface area is 140 Å². The van der Waals surface area contributed by atoms with Gasteiger partial charge >= 0.3 is 6.09 Å². The average molecular weight is 340 g/mol. The molecule has 0 fully saturated rings. The van der Waals surface area contributed by atoms with Crippen LogP contribution in [0.4, 0.5) is 4.79 Å². The zero-order valence-electron chi connectivity index (χ0n) is 14.0. The fourth-order valence-corrected chi connectivity index (χ4v) is 1.64. The first-order valence-electron chi connectivity index (χ1n) is 7.47. The third-order valence-corrected chi connectivity index (χ3v) is 2.69. The molecule has 0 aliphatic heterocycles. The Balaban J connectivity index is 2.28. The van der Waals surface area contributed by atoms with E-state index >= 15 is 0 Å². The van der Waals surface area contributed by atoms with Crippen LogP contribution in [0.3, 0.4) is 0 Å². The maximum absolute atomic E-state index is 11.6. The molecule has 8 nitrogen and oxygen atoms in total. The van der Waals surface area contributed by atoms with Gasteiger partial charge in [-0.2, -0.15) is 0 Å². The zero-order valence-corrected chi connectivity index (χ0v) is 14.0. The van der Waals surface area contributed by atoms with E-state index in [0.717, 1.165) is 5.56 Å². The maximum Gasteiger partial charge on any atom is 0.409 e. The Kier molecular flexibility index (Phi) is 7.63. The van der Waals surface area contributed by atoms with Crippen molar-refractivity contribution in [3.63, 3.8) is 0 Å². The van der Waals surface area contributed by atoms with Crippen LogP contribution in [0.25, 0.3) is 0 Å². The summed E-state index contributed by atoms with van der Waals surface area (Å²) in [6, 6.07) is 9.19. The number of alkyl carbamates (subject to hydrolysis) is 1. The highest BCUT2D eigenvalue weighted by Gasteiger charge is 2.24. The van der Waals surface area contributed by atoms with Crippen LogP contribution in [0.1, 0.15) is 32.8 Å². The van der Waals surface area contributed by atoms with Gasteiger partial charge < -0.3 is 14.9 Å². The van der Waals surface area contributed by atoms with Crippen LogP contribution in [0, 0.1) is 0 Å². The summed E-state index contributed by atoms with van der Waals surface area (Å²) in [5.41, 5.74) is 2.28. The van der Waals surface area contributed by atoms with Crippen molar-refractivity contribution in [2.75, 3.05) is 0 Å². The van der Waals surface area contributed by atoms with Gasteiger partial charge in [0.25, 0.3) is 0 Å². The highest BCUT2D eigenvalue weighted by atomic mass is 16.6. The number of rotatable bonds is 7. The quantitative estimate of drug-likeness (QED) is 0.431. The average Bonchev–Trinajstić information content (AvgIpc) is 2.46. The Morgan fingerprint density at radius 2 is 1.79 bits per heavy atom. The summed E-state index contributed by atoms with van der Waals surface area (Å²) in [5, 5.41) is 21.4. The molecule has 0 radical (unpaired) electrons. The fourth-order valence-electron chi connectivity index (χ4n) is 1.64. The lowest BCUT2D eigenvalue weighted by atomic mass is 10.2. The van der Waals surface area contributed by atoms with Gasteiger partial charge in [0.05, 0.1) is 13.0 Å². The molecule has 1 aromatic rings. The second kappa shape index (κ2) is 9.21. The predicted molar refractivity (Wildman–Crippen MR) is 85.4 cm³/mol. The van der Waals surface area contributed by atoms with E-state index in [1.165, 1.54) is 0 Å². The van der Waals surface area contributed by atoms with E-state index in [4.69, 9.17) is 9.57 Å². The van der Waals surface area contributed by atoms with Crippen LogP contribution < -0.4 is 10.8 Å². The Morgan fingerprint density at radius 1 is 1.17 bits per heavy atom. The van der Waals surface area contributed by atoms with E-state index in [1.54, 1.807) is 20.8 Å². The van der Waals surface area contributed by atoms with Crippen molar-refractivity contribution in [1.29, 1.82) is 0 Å². The maximum atomic E-state index is 11.6. The minimum atomic E-state index is -1.64. The molecule has 134 valence electrons. The van der Waals surface area contributed by atoms with E-state index in [2.05, 4.69) is 5.48 Å². The molecule has 2 atom stereocenters. The predicted octanol–water partition coefficient (Wildman–Crippen LogP) is 0.828. The molecular weight excluding hydrogens is 316 g/mol. The van der Waals surface area contributed by atoms with Crippen molar-refractivity contribution < 1.29 is 29.4 Å². The highest BCUT2D eigenvalue weighted by Crippen LogP contribution is 2.07. The van der Waals surface area contributed by atoms with E-state index < -0.39 is 36.4 Å². The van der Waals surface area contributed by atoms with Crippen LogP contribution in [0.2, 0.25) is 0 Å². The third kappa shape index (κ3) is 8.47. The first-order chi connectivity index (χ1) is 11.2. The van der Waals surface area contributed by atoms with Crippen LogP contribution in [0.15, 0.2) is 30.3 Å². The summed E-state index contributed by atoms with van der Waals surface area (Å²) in [7, 11) is 0. The molecule has 0 aliphatic carbocycles. The first kappa shape index (κ1) is 19.9. The number of carbonyl (C=O) groups is 2. The van der Waals surface area contributed by atoms with Gasteiger partial charge in [0.2, 0.25) is 5.91 Å². The standard InChI is InChI=1S/C16H24N2O6/c1-16(2,3)24-15(22)17-14(21)12(19)9-13(20)18-23-10-11-7-5-4-6-8-11/h4-8,12,14,19,21H,9-10H2,1-3H3,(H,17,22)(H,18,20). The van der Waals surface area contributed by atoms with Gasteiger partial charge in [0.15, 0.2) is 6.23 Å². The van der Waals surface area contributed by atoms with Gasteiger partial charge in [-0.3, -0.25) is 14.9 Å². The summed E-state index contributed by atoms with van der Waals surface area (Å²) >= 11 is 0. The van der Waals surface area contributed by atoms with Crippen molar-refractivity contribution in [1.82, 2.24) is 10.8 Å². The molecule has 0 heterocycles. The second-order valence-electron chi connectivity index (χ2n) is 6.16. The first-order valence-corrected chi connectivity index (χ1v) is 7.47. The van der Waals surface area contributed by atoms with Crippen LogP contribution >= 0.6 is 0 Å². The van der Waals surface area contributed by atoms with Gasteiger partial charge in [-0.1, -0.05) is 30.3 Å². The molecule has 0 bridgehead atoms. The molecule has 4 N–H and O–H groups in total. The van der Waals surface area contributed by atoms with Crippen LogP contribution in [-0.2, 0) is 21.0 Å². The second-order valence-corrected chi connectivity index (χ2v) is 6.16. The van der Waals surface area contributed by atoms with Crippen molar-refractivity contribution in [2.45, 2.75) is 51.7 Å². The number of benzene rings is 1. The Bertz CT molecular complexity index is 529. The number of carbonyl (C=O) groups excluding carboxylic acids is 2. The number of hydroxylamine groups is 1. The summed E-state index contributed by atoms with van der Waals surface area (Å²) in [4.78, 5) is 28.1. The normalized spacial score (nSPS) is 13.7. The fraction of sp³-hybridized carbons (Fsp3) is 0.500. The SMILES string of the molecule is CC(C)(C)OC(=O)NC(O)C(O)CC(=O)NOCc1ccccc1. The van der Waals surface area contributed by atoms with Gasteiger partial charge in [-0.15, -0.1) is 0 Å². The van der Waals surface area contributed by atoms with Gasteiger partial charge in [0, 0.05) is 0 Å². The molecule has 8 heteroatoms. The molecular formula is C16H24N2O6. The van der Waals surface area contributed by atoms with E-state index in [-0.39, 0.29) is 6.61 Å². The molecule has 2 amide bonds. The van der Waals surface area contributed by atoms with Gasteiger partial charge in [-0.05, 0) is 26.3 Å². The molecule has 1 aromatic carbocycles. The monoisotopic (exact) mass is 340 g/mol. The topological polar surface area (TPSA) is 117 Å². The highest BCUT2D eigenvalue weighted by molar-refractivity contribution is 5.75. The summed E-state index contributed by atoms with van der Waals surface area (Å²) < 4.78 is 4.93. The molecule has 0 saturated carbocycles. The lowest BCUT2D eigenvalue weighted by molar-refractivity contribution is -0.138. The molecule has 24 heavy (non-hydrogen) atoms.